The van der Waals surface area contributed by atoms with Gasteiger partial charge >= 0.3 is 0 Å². The van der Waals surface area contributed by atoms with E-state index < -0.39 is 10.0 Å². The molecule has 1 aliphatic carbocycles. The Kier molecular flexibility index (Phi) is 4.61. The van der Waals surface area contributed by atoms with Crippen LogP contribution in [0.3, 0.4) is 0 Å². The van der Waals surface area contributed by atoms with Crippen molar-refractivity contribution in [2.24, 2.45) is 5.92 Å². The molecule has 2 aromatic rings. The van der Waals surface area contributed by atoms with E-state index in [0.29, 0.717) is 31.2 Å². The molecule has 1 aromatic carbocycles. The van der Waals surface area contributed by atoms with Crippen molar-refractivity contribution in [3.63, 3.8) is 0 Å². The number of unbranched alkanes of at least 4 members (excludes halogenated alkanes) is 1. The van der Waals surface area contributed by atoms with E-state index in [-0.39, 0.29) is 17.1 Å². The van der Waals surface area contributed by atoms with Crippen LogP contribution in [0, 0.1) is 5.92 Å². The molecule has 0 N–H and O–H groups in total. The zero-order valence-electron chi connectivity index (χ0n) is 15.1. The van der Waals surface area contributed by atoms with Crippen LogP contribution < -0.4 is 0 Å². The molecule has 0 spiro atoms. The fraction of sp³-hybridized carbons (Fsp3) is 0.579. The summed E-state index contributed by atoms with van der Waals surface area (Å²) in [5.74, 6) is 1.69. The molecule has 140 valence electrons. The van der Waals surface area contributed by atoms with Gasteiger partial charge in [0.15, 0.2) is 5.82 Å². The molecule has 0 amide bonds. The highest BCUT2D eigenvalue weighted by Gasteiger charge is 2.55. The van der Waals surface area contributed by atoms with E-state index in [0.717, 1.165) is 31.2 Å². The molecule has 2 fully saturated rings. The molecule has 1 saturated heterocycles. The van der Waals surface area contributed by atoms with Gasteiger partial charge in [0, 0.05) is 18.7 Å². The highest BCUT2D eigenvalue weighted by atomic mass is 32.2. The summed E-state index contributed by atoms with van der Waals surface area (Å²) in [6.07, 6.45) is 4.62. The molecular formula is C19H25N3O3S. The van der Waals surface area contributed by atoms with Crippen LogP contribution in [0.1, 0.15) is 44.9 Å². The van der Waals surface area contributed by atoms with Crippen molar-refractivity contribution < 1.29 is 12.9 Å². The van der Waals surface area contributed by atoms with Crippen LogP contribution in [0.25, 0.3) is 11.5 Å². The molecule has 0 bridgehead atoms. The van der Waals surface area contributed by atoms with Crippen LogP contribution in [0.4, 0.5) is 0 Å². The molecule has 4 rings (SSSR count). The Bertz CT molecular complexity index is 865. The fourth-order valence-electron chi connectivity index (χ4n) is 4.40. The zero-order valence-corrected chi connectivity index (χ0v) is 15.9. The normalized spacial score (nSPS) is 26.3. The van der Waals surface area contributed by atoms with Gasteiger partial charge in [0.1, 0.15) is 0 Å². The summed E-state index contributed by atoms with van der Waals surface area (Å²) in [6.45, 7) is 3.08. The van der Waals surface area contributed by atoms with Gasteiger partial charge in [-0.2, -0.15) is 4.98 Å². The highest BCUT2D eigenvalue weighted by molar-refractivity contribution is 7.89. The van der Waals surface area contributed by atoms with Crippen molar-refractivity contribution in [1.82, 2.24) is 14.4 Å². The van der Waals surface area contributed by atoms with Gasteiger partial charge in [-0.3, -0.25) is 0 Å². The second kappa shape index (κ2) is 6.78. The summed E-state index contributed by atoms with van der Waals surface area (Å²) in [7, 11) is -3.21. The second-order valence-electron chi connectivity index (χ2n) is 7.50. The number of sulfonamides is 1. The van der Waals surface area contributed by atoms with Crippen LogP contribution in [0.2, 0.25) is 0 Å². The Labute approximate surface area is 154 Å². The van der Waals surface area contributed by atoms with Gasteiger partial charge in [0.2, 0.25) is 10.0 Å². The summed E-state index contributed by atoms with van der Waals surface area (Å²) in [5.41, 5.74) is 0.595. The number of nitrogens with zero attached hydrogens (tertiary/aromatic N) is 3. The Hall–Kier alpha value is -1.73. The molecule has 26 heavy (non-hydrogen) atoms. The van der Waals surface area contributed by atoms with E-state index >= 15 is 0 Å². The first-order valence-electron chi connectivity index (χ1n) is 9.42. The Morgan fingerprint density at radius 2 is 2.12 bits per heavy atom. The summed E-state index contributed by atoms with van der Waals surface area (Å²) in [6, 6.07) is 9.71. The average molecular weight is 375 g/mol. The number of aromatic nitrogens is 2. The summed E-state index contributed by atoms with van der Waals surface area (Å²) in [5, 5.41) is 4.28. The van der Waals surface area contributed by atoms with Gasteiger partial charge in [0.05, 0.1) is 11.2 Å². The van der Waals surface area contributed by atoms with Gasteiger partial charge in [-0.15, -0.1) is 0 Å². The van der Waals surface area contributed by atoms with E-state index in [4.69, 9.17) is 4.52 Å². The number of rotatable bonds is 6. The minimum atomic E-state index is -3.21. The molecular weight excluding hydrogens is 350 g/mol. The van der Waals surface area contributed by atoms with E-state index in [1.54, 1.807) is 4.31 Å². The molecule has 2 aliphatic rings. The molecule has 6 nitrogen and oxygen atoms in total. The third kappa shape index (κ3) is 2.97. The molecule has 2 atom stereocenters. The van der Waals surface area contributed by atoms with Crippen LogP contribution >= 0.6 is 0 Å². The number of fused-ring (bicyclic) bond motifs is 1. The van der Waals surface area contributed by atoms with E-state index in [9.17, 15) is 8.42 Å². The van der Waals surface area contributed by atoms with Crippen molar-refractivity contribution in [2.75, 3.05) is 18.8 Å². The van der Waals surface area contributed by atoms with Crippen molar-refractivity contribution in [1.29, 1.82) is 0 Å². The van der Waals surface area contributed by atoms with E-state index in [1.807, 2.05) is 37.3 Å². The van der Waals surface area contributed by atoms with Gasteiger partial charge in [-0.05, 0) is 37.3 Å². The lowest BCUT2D eigenvalue weighted by Crippen LogP contribution is -2.36. The monoisotopic (exact) mass is 375 g/mol. The van der Waals surface area contributed by atoms with Crippen LogP contribution in [-0.4, -0.2) is 41.7 Å². The standard InChI is InChI=1S/C19H25N3O3S/c1-2-3-12-26(23,24)22-13-16-10-7-11-19(16,14-22)18-20-17(25-21-18)15-8-5-4-6-9-15/h4-6,8-9,16H,2-3,7,10-14H2,1H3/t16-,19-/m1/s1. The molecule has 0 unspecified atom stereocenters. The number of hydrogen-bond donors (Lipinski definition) is 0. The first-order chi connectivity index (χ1) is 12.5. The van der Waals surface area contributed by atoms with Crippen molar-refractivity contribution in [3.8, 4) is 11.5 Å². The third-order valence-corrected chi connectivity index (χ3v) is 7.75. The maximum absolute atomic E-state index is 12.7. The quantitative estimate of drug-likeness (QED) is 0.775. The lowest BCUT2D eigenvalue weighted by molar-refractivity contribution is 0.340. The van der Waals surface area contributed by atoms with Gasteiger partial charge in [0.25, 0.3) is 5.89 Å². The predicted molar refractivity (Wildman–Crippen MR) is 99.0 cm³/mol. The van der Waals surface area contributed by atoms with Crippen molar-refractivity contribution in [3.05, 3.63) is 36.2 Å². The van der Waals surface area contributed by atoms with Gasteiger partial charge in [-0.1, -0.05) is 43.1 Å². The topological polar surface area (TPSA) is 76.3 Å². The largest absolute Gasteiger partial charge is 0.334 e. The molecule has 1 saturated carbocycles. The highest BCUT2D eigenvalue weighted by Crippen LogP contribution is 2.50. The summed E-state index contributed by atoms with van der Waals surface area (Å²) < 4.78 is 32.6. The SMILES string of the molecule is CCCCS(=O)(=O)N1C[C@H]2CCC[C@@]2(c2noc(-c3ccccc3)n2)C1. The minimum Gasteiger partial charge on any atom is -0.334 e. The lowest BCUT2D eigenvalue weighted by Gasteiger charge is -2.24. The Morgan fingerprint density at radius 1 is 1.31 bits per heavy atom. The lowest BCUT2D eigenvalue weighted by atomic mass is 9.80. The number of hydrogen-bond acceptors (Lipinski definition) is 5. The number of benzene rings is 1. The van der Waals surface area contributed by atoms with E-state index in [2.05, 4.69) is 10.1 Å². The van der Waals surface area contributed by atoms with Crippen LogP contribution in [0.15, 0.2) is 34.9 Å². The second-order valence-corrected chi connectivity index (χ2v) is 9.59. The average Bonchev–Trinajstić information content (AvgIpc) is 3.34. The first-order valence-corrected chi connectivity index (χ1v) is 11.0. The summed E-state index contributed by atoms with van der Waals surface area (Å²) >= 11 is 0. The zero-order chi connectivity index (χ0) is 18.2. The van der Waals surface area contributed by atoms with Crippen LogP contribution in [0.5, 0.6) is 0 Å². The minimum absolute atomic E-state index is 0.230. The van der Waals surface area contributed by atoms with E-state index in [1.165, 1.54) is 0 Å². The van der Waals surface area contributed by atoms with Gasteiger partial charge in [-0.25, -0.2) is 12.7 Å². The summed E-state index contributed by atoms with van der Waals surface area (Å²) in [4.78, 5) is 4.68. The fourth-order valence-corrected chi connectivity index (χ4v) is 6.15. The molecule has 2 heterocycles. The maximum Gasteiger partial charge on any atom is 0.257 e. The van der Waals surface area contributed by atoms with Crippen LogP contribution in [-0.2, 0) is 15.4 Å². The molecule has 1 aromatic heterocycles. The molecule has 7 heteroatoms. The first kappa shape index (κ1) is 17.7. The van der Waals surface area contributed by atoms with Crippen molar-refractivity contribution >= 4 is 10.0 Å². The smallest absolute Gasteiger partial charge is 0.257 e. The van der Waals surface area contributed by atoms with Crippen molar-refractivity contribution in [2.45, 2.75) is 44.4 Å². The predicted octanol–water partition coefficient (Wildman–Crippen LogP) is 3.22. The van der Waals surface area contributed by atoms with Gasteiger partial charge < -0.3 is 4.52 Å². The molecule has 0 radical (unpaired) electrons. The molecule has 1 aliphatic heterocycles. The maximum atomic E-state index is 12.7. The Balaban J connectivity index is 1.62. The Morgan fingerprint density at radius 3 is 2.88 bits per heavy atom. The third-order valence-electron chi connectivity index (χ3n) is 5.88.